The molecule has 2 aromatic rings. The lowest BCUT2D eigenvalue weighted by atomic mass is 9.98. The van der Waals surface area contributed by atoms with E-state index in [-0.39, 0.29) is 19.1 Å². The van der Waals surface area contributed by atoms with Gasteiger partial charge < -0.3 is 53.1 Å². The molecule has 0 aromatic heterocycles. The molecule has 1 amide bonds. The maximum absolute atomic E-state index is 12.2. The Labute approximate surface area is 266 Å². The maximum Gasteiger partial charge on any atom is 0.407 e. The normalized spacial score (nSPS) is 12.3. The van der Waals surface area contributed by atoms with Crippen molar-refractivity contribution in [3.8, 4) is 11.1 Å². The van der Waals surface area contributed by atoms with E-state index in [0.29, 0.717) is 112 Å². The van der Waals surface area contributed by atoms with Gasteiger partial charge in [0.25, 0.3) is 0 Å². The number of rotatable bonds is 28. The van der Waals surface area contributed by atoms with E-state index in [1.807, 2.05) is 24.3 Å². The average Bonchev–Trinajstić information content (AvgIpc) is 3.39. The number of carbonyl (C=O) groups excluding carboxylic acids is 1. The van der Waals surface area contributed by atoms with Crippen LogP contribution in [-0.4, -0.2) is 137 Å². The molecule has 1 aliphatic rings. The first-order valence-corrected chi connectivity index (χ1v) is 15.6. The number of ether oxygens (including phenoxy) is 9. The van der Waals surface area contributed by atoms with Gasteiger partial charge in [0, 0.05) is 12.5 Å². The van der Waals surface area contributed by atoms with Crippen LogP contribution in [0.4, 0.5) is 4.79 Å². The van der Waals surface area contributed by atoms with Crippen LogP contribution in [0.25, 0.3) is 11.1 Å². The summed E-state index contributed by atoms with van der Waals surface area (Å²) in [4.78, 5) is 12.2. The van der Waals surface area contributed by atoms with Crippen molar-refractivity contribution in [2.75, 3.05) is 125 Å². The highest BCUT2D eigenvalue weighted by Gasteiger charge is 2.28. The van der Waals surface area contributed by atoms with Gasteiger partial charge >= 0.3 is 6.09 Å². The molecular formula is C33H49NO11. The Kier molecular flexibility index (Phi) is 20.1. The standard InChI is InChI=1S/C33H49NO11/c35-10-12-38-14-16-40-18-20-42-22-24-44-26-25-43-23-21-41-19-17-39-15-13-37-11-9-34-33(36)45-27-32-30-7-3-1-5-28(30)29-6-2-4-8-31(29)32/h1-8,32,35H,9-27H2,(H,34,36). The van der Waals surface area contributed by atoms with Gasteiger partial charge in [-0.2, -0.15) is 0 Å². The van der Waals surface area contributed by atoms with Gasteiger partial charge in [-0.3, -0.25) is 0 Å². The molecular weight excluding hydrogens is 586 g/mol. The highest BCUT2D eigenvalue weighted by Crippen LogP contribution is 2.44. The minimum atomic E-state index is -0.452. The average molecular weight is 636 g/mol. The van der Waals surface area contributed by atoms with E-state index in [4.69, 9.17) is 47.7 Å². The second-order valence-corrected chi connectivity index (χ2v) is 9.87. The van der Waals surface area contributed by atoms with Gasteiger partial charge in [0.05, 0.1) is 112 Å². The Morgan fingerprint density at radius 3 is 1.29 bits per heavy atom. The van der Waals surface area contributed by atoms with Crippen molar-refractivity contribution in [1.82, 2.24) is 5.32 Å². The fourth-order valence-electron chi connectivity index (χ4n) is 4.58. The predicted octanol–water partition coefficient (Wildman–Crippen LogP) is 2.65. The van der Waals surface area contributed by atoms with Crippen LogP contribution in [0.5, 0.6) is 0 Å². The molecule has 0 atom stereocenters. The summed E-state index contributed by atoms with van der Waals surface area (Å²) < 4.78 is 48.7. The smallest absolute Gasteiger partial charge is 0.407 e. The maximum atomic E-state index is 12.2. The van der Waals surface area contributed by atoms with Crippen molar-refractivity contribution in [3.63, 3.8) is 0 Å². The van der Waals surface area contributed by atoms with Crippen LogP contribution in [0.2, 0.25) is 0 Å². The Morgan fingerprint density at radius 1 is 0.533 bits per heavy atom. The predicted molar refractivity (Wildman–Crippen MR) is 167 cm³/mol. The molecule has 252 valence electrons. The van der Waals surface area contributed by atoms with Crippen LogP contribution in [0.1, 0.15) is 17.0 Å². The molecule has 0 unspecified atom stereocenters. The van der Waals surface area contributed by atoms with E-state index < -0.39 is 6.09 Å². The van der Waals surface area contributed by atoms with E-state index in [1.54, 1.807) is 0 Å². The number of aliphatic hydroxyl groups excluding tert-OH is 1. The Morgan fingerprint density at radius 2 is 0.889 bits per heavy atom. The number of benzene rings is 2. The summed E-state index contributed by atoms with van der Waals surface area (Å²) in [5.74, 6) is 0.0394. The third-order valence-electron chi connectivity index (χ3n) is 6.70. The molecule has 0 radical (unpaired) electrons. The topological polar surface area (TPSA) is 132 Å². The van der Waals surface area contributed by atoms with Gasteiger partial charge in [-0.1, -0.05) is 48.5 Å². The molecule has 12 nitrogen and oxygen atoms in total. The molecule has 2 aromatic carbocycles. The number of nitrogens with one attached hydrogen (secondary N) is 1. The summed E-state index contributed by atoms with van der Waals surface area (Å²) in [6.45, 7) is 8.06. The zero-order valence-electron chi connectivity index (χ0n) is 26.2. The lowest BCUT2D eigenvalue weighted by Crippen LogP contribution is -2.29. The van der Waals surface area contributed by atoms with Crippen molar-refractivity contribution in [1.29, 1.82) is 0 Å². The fraction of sp³-hybridized carbons (Fsp3) is 0.606. The summed E-state index contributed by atoms with van der Waals surface area (Å²) >= 11 is 0. The number of alkyl carbamates (subject to hydrolysis) is 1. The number of hydrogen-bond acceptors (Lipinski definition) is 11. The molecule has 12 heteroatoms. The minimum Gasteiger partial charge on any atom is -0.449 e. The SMILES string of the molecule is O=C(NCCOCCOCCOCCOCCOCCOCCOCCOCCO)OCC1c2ccccc2-c2ccccc21. The lowest BCUT2D eigenvalue weighted by Gasteiger charge is -2.14. The van der Waals surface area contributed by atoms with Crippen LogP contribution in [0, 0.1) is 0 Å². The van der Waals surface area contributed by atoms with Gasteiger partial charge in [0.1, 0.15) is 6.61 Å². The van der Waals surface area contributed by atoms with Crippen molar-refractivity contribution < 1.29 is 52.5 Å². The van der Waals surface area contributed by atoms with Gasteiger partial charge in [0.2, 0.25) is 0 Å². The van der Waals surface area contributed by atoms with E-state index >= 15 is 0 Å². The summed E-state index contributed by atoms with van der Waals surface area (Å²) in [6.07, 6.45) is -0.452. The summed E-state index contributed by atoms with van der Waals surface area (Å²) in [5.41, 5.74) is 4.77. The number of aliphatic hydroxyl groups is 1. The van der Waals surface area contributed by atoms with Gasteiger partial charge in [-0.25, -0.2) is 4.79 Å². The van der Waals surface area contributed by atoms with Crippen LogP contribution in [-0.2, 0) is 42.6 Å². The molecule has 0 aliphatic heterocycles. The van der Waals surface area contributed by atoms with Crippen LogP contribution >= 0.6 is 0 Å². The van der Waals surface area contributed by atoms with E-state index in [1.165, 1.54) is 22.3 Å². The monoisotopic (exact) mass is 635 g/mol. The van der Waals surface area contributed by atoms with Gasteiger partial charge in [-0.05, 0) is 22.3 Å². The second kappa shape index (κ2) is 24.6. The highest BCUT2D eigenvalue weighted by atomic mass is 16.6. The minimum absolute atomic E-state index is 0.0211. The summed E-state index contributed by atoms with van der Waals surface area (Å²) in [7, 11) is 0. The fourth-order valence-corrected chi connectivity index (χ4v) is 4.58. The quantitative estimate of drug-likeness (QED) is 0.134. The lowest BCUT2D eigenvalue weighted by molar-refractivity contribution is -0.0237. The first kappa shape index (κ1) is 36.8. The first-order valence-electron chi connectivity index (χ1n) is 15.6. The molecule has 45 heavy (non-hydrogen) atoms. The van der Waals surface area contributed by atoms with Crippen LogP contribution < -0.4 is 5.32 Å². The Hall–Kier alpha value is -2.65. The van der Waals surface area contributed by atoms with Crippen molar-refractivity contribution in [2.24, 2.45) is 0 Å². The molecule has 0 saturated heterocycles. The number of fused-ring (bicyclic) bond motifs is 3. The third-order valence-corrected chi connectivity index (χ3v) is 6.70. The largest absolute Gasteiger partial charge is 0.449 e. The summed E-state index contributed by atoms with van der Waals surface area (Å²) in [6, 6.07) is 16.5. The summed E-state index contributed by atoms with van der Waals surface area (Å²) in [5, 5.41) is 11.3. The number of carbonyl (C=O) groups is 1. The van der Waals surface area contributed by atoms with E-state index in [2.05, 4.69) is 29.6 Å². The van der Waals surface area contributed by atoms with Crippen molar-refractivity contribution in [3.05, 3.63) is 59.7 Å². The Balaban J connectivity index is 1.01. The van der Waals surface area contributed by atoms with Crippen LogP contribution in [0.15, 0.2) is 48.5 Å². The number of amides is 1. The zero-order valence-corrected chi connectivity index (χ0v) is 26.2. The molecule has 0 spiro atoms. The molecule has 3 rings (SSSR count). The van der Waals surface area contributed by atoms with Crippen molar-refractivity contribution in [2.45, 2.75) is 5.92 Å². The van der Waals surface area contributed by atoms with E-state index in [9.17, 15) is 4.79 Å². The molecule has 2 N–H and O–H groups in total. The first-order chi connectivity index (χ1) is 22.3. The van der Waals surface area contributed by atoms with Gasteiger partial charge in [-0.15, -0.1) is 0 Å². The second-order valence-electron chi connectivity index (χ2n) is 9.87. The molecule has 1 aliphatic carbocycles. The molecule has 0 bridgehead atoms. The number of hydrogen-bond donors (Lipinski definition) is 2. The highest BCUT2D eigenvalue weighted by molar-refractivity contribution is 5.79. The molecule has 0 heterocycles. The molecule has 0 fully saturated rings. The molecule has 0 saturated carbocycles. The Bertz CT molecular complexity index is 996. The van der Waals surface area contributed by atoms with Crippen molar-refractivity contribution >= 4 is 6.09 Å². The van der Waals surface area contributed by atoms with Crippen LogP contribution in [0.3, 0.4) is 0 Å². The van der Waals surface area contributed by atoms with Gasteiger partial charge in [0.15, 0.2) is 0 Å². The zero-order chi connectivity index (χ0) is 31.6. The third kappa shape index (κ3) is 15.5. The van der Waals surface area contributed by atoms with E-state index in [0.717, 1.165) is 0 Å².